The Bertz CT molecular complexity index is 868. The van der Waals surface area contributed by atoms with Crippen LogP contribution in [0.3, 0.4) is 0 Å². The highest BCUT2D eigenvalue weighted by Gasteiger charge is 2.37. The number of nitrogens with one attached hydrogen (secondary N) is 1. The molecule has 134 valence electrons. The predicted octanol–water partition coefficient (Wildman–Crippen LogP) is 2.19. The summed E-state index contributed by atoms with van der Waals surface area (Å²) in [6.45, 7) is 5.53. The van der Waals surface area contributed by atoms with Crippen LogP contribution in [-0.2, 0) is 9.59 Å². The van der Waals surface area contributed by atoms with Crippen molar-refractivity contribution in [1.29, 1.82) is 0 Å². The summed E-state index contributed by atoms with van der Waals surface area (Å²) in [4.78, 5) is 43.7. The van der Waals surface area contributed by atoms with E-state index >= 15 is 0 Å². The Morgan fingerprint density at radius 1 is 1.19 bits per heavy atom. The lowest BCUT2D eigenvalue weighted by molar-refractivity contribution is -0.122. The first kappa shape index (κ1) is 17.4. The van der Waals surface area contributed by atoms with Crippen LogP contribution in [0.2, 0.25) is 0 Å². The van der Waals surface area contributed by atoms with Crippen molar-refractivity contribution in [3.05, 3.63) is 48.0 Å². The quantitative estimate of drug-likeness (QED) is 0.653. The summed E-state index contributed by atoms with van der Waals surface area (Å²) in [5.74, 6) is -0.495. The molecule has 8 nitrogen and oxygen atoms in total. The number of amides is 4. The number of aromatic nitrogens is 1. The molecule has 0 unspecified atom stereocenters. The van der Waals surface area contributed by atoms with Gasteiger partial charge in [0.2, 0.25) is 0 Å². The van der Waals surface area contributed by atoms with Gasteiger partial charge in [-0.1, -0.05) is 0 Å². The van der Waals surface area contributed by atoms with Gasteiger partial charge in [-0.2, -0.15) is 0 Å². The highest BCUT2D eigenvalue weighted by atomic mass is 16.4. The van der Waals surface area contributed by atoms with Crippen molar-refractivity contribution in [3.63, 3.8) is 0 Å². The maximum absolute atomic E-state index is 12.7. The monoisotopic (exact) mass is 354 g/mol. The van der Waals surface area contributed by atoms with E-state index in [4.69, 9.17) is 4.42 Å². The van der Waals surface area contributed by atoms with Gasteiger partial charge in [-0.15, -0.1) is 0 Å². The number of hydrogen-bond donors (Lipinski definition) is 1. The number of carbonyl (C=O) groups excluding carboxylic acids is 3. The zero-order chi connectivity index (χ0) is 18.7. The summed E-state index contributed by atoms with van der Waals surface area (Å²) in [6, 6.07) is 5.79. The van der Waals surface area contributed by atoms with Gasteiger partial charge in [0.05, 0.1) is 11.9 Å². The zero-order valence-electron chi connectivity index (χ0n) is 14.4. The maximum Gasteiger partial charge on any atom is 0.336 e. The largest absolute Gasteiger partial charge is 0.441 e. The normalized spacial score (nSPS) is 16.2. The number of anilines is 2. The van der Waals surface area contributed by atoms with Crippen molar-refractivity contribution in [2.75, 3.05) is 22.9 Å². The Kier molecular flexibility index (Phi) is 4.83. The van der Waals surface area contributed by atoms with Crippen molar-refractivity contribution >= 4 is 35.5 Å². The first-order chi connectivity index (χ1) is 12.5. The molecule has 2 aromatic rings. The fraction of sp³-hybridized carbons (Fsp3) is 0.222. The van der Waals surface area contributed by atoms with E-state index in [1.165, 1.54) is 18.5 Å². The van der Waals surface area contributed by atoms with Crippen LogP contribution in [0.4, 0.5) is 16.4 Å². The molecule has 1 aliphatic rings. The molecule has 0 saturated carbocycles. The van der Waals surface area contributed by atoms with E-state index in [-0.39, 0.29) is 11.3 Å². The van der Waals surface area contributed by atoms with Crippen molar-refractivity contribution in [3.8, 4) is 0 Å². The number of imide groups is 2. The minimum Gasteiger partial charge on any atom is -0.441 e. The first-order valence-corrected chi connectivity index (χ1v) is 8.21. The molecule has 3 rings (SSSR count). The molecule has 0 atom stereocenters. The van der Waals surface area contributed by atoms with Crippen LogP contribution >= 0.6 is 0 Å². The molecule has 26 heavy (non-hydrogen) atoms. The summed E-state index contributed by atoms with van der Waals surface area (Å²) in [6.07, 6.45) is 4.23. The highest BCUT2D eigenvalue weighted by molar-refractivity contribution is 6.39. The zero-order valence-corrected chi connectivity index (χ0v) is 14.4. The first-order valence-electron chi connectivity index (χ1n) is 8.21. The van der Waals surface area contributed by atoms with E-state index in [1.54, 1.807) is 24.3 Å². The molecule has 0 radical (unpaired) electrons. The molecular weight excluding hydrogens is 336 g/mol. The smallest absolute Gasteiger partial charge is 0.336 e. The molecule has 0 aliphatic carbocycles. The van der Waals surface area contributed by atoms with Gasteiger partial charge in [-0.3, -0.25) is 19.9 Å². The van der Waals surface area contributed by atoms with E-state index < -0.39 is 17.8 Å². The predicted molar refractivity (Wildman–Crippen MR) is 95.5 cm³/mol. The molecular formula is C18H18N4O4. The van der Waals surface area contributed by atoms with Crippen molar-refractivity contribution in [2.45, 2.75) is 13.8 Å². The Labute approximate surface area is 150 Å². The van der Waals surface area contributed by atoms with Crippen LogP contribution in [-0.4, -0.2) is 35.9 Å². The average molecular weight is 354 g/mol. The lowest BCUT2D eigenvalue weighted by atomic mass is 10.1. The topological polar surface area (TPSA) is 95.8 Å². The van der Waals surface area contributed by atoms with Crippen LogP contribution in [0.1, 0.15) is 19.6 Å². The van der Waals surface area contributed by atoms with Gasteiger partial charge in [0.25, 0.3) is 11.8 Å². The fourth-order valence-electron chi connectivity index (χ4n) is 2.65. The van der Waals surface area contributed by atoms with Crippen molar-refractivity contribution < 1.29 is 18.8 Å². The van der Waals surface area contributed by atoms with Gasteiger partial charge in [0, 0.05) is 25.4 Å². The van der Waals surface area contributed by atoms with E-state index in [0.29, 0.717) is 11.6 Å². The van der Waals surface area contributed by atoms with E-state index in [2.05, 4.69) is 10.3 Å². The summed E-state index contributed by atoms with van der Waals surface area (Å²) >= 11 is 0. The Morgan fingerprint density at radius 3 is 2.62 bits per heavy atom. The van der Waals surface area contributed by atoms with Crippen LogP contribution in [0.5, 0.6) is 0 Å². The van der Waals surface area contributed by atoms with E-state index in [1.807, 2.05) is 18.7 Å². The third-order valence-electron chi connectivity index (χ3n) is 3.98. The van der Waals surface area contributed by atoms with Gasteiger partial charge in [0.1, 0.15) is 11.3 Å². The summed E-state index contributed by atoms with van der Waals surface area (Å²) in [5, 5.41) is 2.16. The summed E-state index contributed by atoms with van der Waals surface area (Å²) in [7, 11) is 0. The van der Waals surface area contributed by atoms with Gasteiger partial charge in [-0.05, 0) is 38.1 Å². The van der Waals surface area contributed by atoms with Crippen molar-refractivity contribution in [2.24, 2.45) is 0 Å². The third-order valence-corrected chi connectivity index (χ3v) is 3.98. The van der Waals surface area contributed by atoms with Gasteiger partial charge < -0.3 is 9.32 Å². The van der Waals surface area contributed by atoms with Crippen molar-refractivity contribution in [1.82, 2.24) is 10.3 Å². The average Bonchev–Trinajstić information content (AvgIpc) is 3.09. The number of nitrogens with zero attached hydrogens (tertiary/aromatic N) is 3. The second-order valence-electron chi connectivity index (χ2n) is 5.52. The van der Waals surface area contributed by atoms with Gasteiger partial charge in [-0.25, -0.2) is 9.69 Å². The molecule has 8 heteroatoms. The summed E-state index contributed by atoms with van der Waals surface area (Å²) in [5.41, 5.74) is 0.0885. The molecule has 1 saturated heterocycles. The van der Waals surface area contributed by atoms with Crippen LogP contribution in [0, 0.1) is 0 Å². The Balaban J connectivity index is 1.93. The van der Waals surface area contributed by atoms with Gasteiger partial charge >= 0.3 is 6.03 Å². The number of carbonyl (C=O) groups is 3. The van der Waals surface area contributed by atoms with Crippen LogP contribution in [0.15, 0.2) is 46.6 Å². The number of urea groups is 1. The molecule has 4 amide bonds. The number of furan rings is 1. The molecule has 0 spiro atoms. The molecule has 0 aromatic carbocycles. The fourth-order valence-corrected chi connectivity index (χ4v) is 2.65. The third kappa shape index (κ3) is 3.21. The second kappa shape index (κ2) is 7.22. The SMILES string of the molecule is CCN(CC)c1ccc(/C=C2\C(=O)NC(=O)N(c3cccnc3)C2=O)o1. The minimum absolute atomic E-state index is 0.186. The molecule has 1 aliphatic heterocycles. The molecule has 1 N–H and O–H groups in total. The number of hydrogen-bond acceptors (Lipinski definition) is 6. The Morgan fingerprint density at radius 2 is 1.96 bits per heavy atom. The number of barbiturate groups is 1. The minimum atomic E-state index is -0.812. The lowest BCUT2D eigenvalue weighted by Crippen LogP contribution is -2.54. The molecule has 2 aromatic heterocycles. The second-order valence-corrected chi connectivity index (χ2v) is 5.52. The molecule has 0 bridgehead atoms. The van der Waals surface area contributed by atoms with E-state index in [0.717, 1.165) is 18.0 Å². The summed E-state index contributed by atoms with van der Waals surface area (Å²) < 4.78 is 5.70. The van der Waals surface area contributed by atoms with Gasteiger partial charge in [0.15, 0.2) is 5.88 Å². The Hall–Kier alpha value is -3.42. The number of rotatable bonds is 5. The van der Waals surface area contributed by atoms with E-state index in [9.17, 15) is 14.4 Å². The number of pyridine rings is 1. The maximum atomic E-state index is 12.7. The standard InChI is InChI=1S/C18H18N4O4/c1-3-21(4-2)15-8-7-13(26-15)10-14-16(23)20-18(25)22(17(14)24)12-6-5-9-19-11-12/h5-11H,3-4H2,1-2H3,(H,20,23,25)/b14-10+. The molecule has 3 heterocycles. The lowest BCUT2D eigenvalue weighted by Gasteiger charge is -2.25. The van der Waals surface area contributed by atoms with Crippen LogP contribution in [0.25, 0.3) is 6.08 Å². The van der Waals surface area contributed by atoms with Crippen LogP contribution < -0.4 is 15.1 Å². The molecule has 1 fully saturated rings. The highest BCUT2D eigenvalue weighted by Crippen LogP contribution is 2.24.